The number of aryl methyl sites for hydroxylation is 2. The lowest BCUT2D eigenvalue weighted by atomic mass is 9.71. The lowest BCUT2D eigenvalue weighted by Gasteiger charge is -2.55. The Morgan fingerprint density at radius 3 is 2.16 bits per heavy atom. The van der Waals surface area contributed by atoms with Gasteiger partial charge in [0.2, 0.25) is 11.8 Å². The molecule has 0 saturated carbocycles. The standard InChI is InChI=1S/C43H55N7O6/c1-27-28(2)41(53)45(3)23-32(27)30-20-36(55-5)33(37(21-30)56-6)24-47-16-12-31(13-17-47)49-18-14-43(15-19-49)25-48(26-43)22-29-8-7-9-34-39(29)46(4)42(54)50(34)35-10-11-38(51)44-40(35)52/h7-9,20-21,23,31,35H,10-19,22,24-26H2,1-6H3,(H,44,51,52). The molecule has 1 N–H and O–H groups in total. The van der Waals surface area contributed by atoms with Crippen LogP contribution in [-0.4, -0.2) is 99.7 Å². The number of likely N-dealkylation sites (tertiary alicyclic amines) is 3. The highest BCUT2D eigenvalue weighted by atomic mass is 16.5. The summed E-state index contributed by atoms with van der Waals surface area (Å²) in [6, 6.07) is 10.0. The number of imidazole rings is 1. The van der Waals surface area contributed by atoms with Gasteiger partial charge in [0.1, 0.15) is 17.5 Å². The quantitative estimate of drug-likeness (QED) is 0.253. The summed E-state index contributed by atoms with van der Waals surface area (Å²) in [5, 5.41) is 2.40. The molecule has 13 heteroatoms. The molecule has 1 atom stereocenters. The molecule has 0 radical (unpaired) electrons. The number of hydrogen-bond acceptors (Lipinski definition) is 9. The number of rotatable bonds is 9. The highest BCUT2D eigenvalue weighted by molar-refractivity contribution is 6.00. The lowest BCUT2D eigenvalue weighted by Crippen LogP contribution is -2.61. The van der Waals surface area contributed by atoms with Crippen LogP contribution in [0.5, 0.6) is 11.5 Å². The molecule has 0 aliphatic carbocycles. The van der Waals surface area contributed by atoms with Crippen LogP contribution in [0.4, 0.5) is 0 Å². The Bertz CT molecular complexity index is 2270. The summed E-state index contributed by atoms with van der Waals surface area (Å²) in [7, 11) is 6.99. The molecule has 6 heterocycles. The highest BCUT2D eigenvalue weighted by Crippen LogP contribution is 2.43. The summed E-state index contributed by atoms with van der Waals surface area (Å²) in [4.78, 5) is 58.1. The van der Waals surface area contributed by atoms with Crippen molar-refractivity contribution in [3.05, 3.63) is 79.6 Å². The van der Waals surface area contributed by atoms with E-state index < -0.39 is 11.9 Å². The molecule has 4 fully saturated rings. The van der Waals surface area contributed by atoms with Gasteiger partial charge in [0.15, 0.2) is 0 Å². The summed E-state index contributed by atoms with van der Waals surface area (Å²) in [5.74, 6) is 0.909. The number of amides is 2. The Labute approximate surface area is 327 Å². The highest BCUT2D eigenvalue weighted by Gasteiger charge is 2.46. The van der Waals surface area contributed by atoms with Gasteiger partial charge >= 0.3 is 5.69 Å². The van der Waals surface area contributed by atoms with E-state index >= 15 is 0 Å². The van der Waals surface area contributed by atoms with Crippen LogP contribution in [0.25, 0.3) is 22.2 Å². The van der Waals surface area contributed by atoms with Gasteiger partial charge < -0.3 is 18.9 Å². The van der Waals surface area contributed by atoms with Gasteiger partial charge in [0.25, 0.3) is 5.56 Å². The molecule has 4 aromatic rings. The van der Waals surface area contributed by atoms with E-state index in [0.29, 0.717) is 17.9 Å². The van der Waals surface area contributed by atoms with E-state index in [1.54, 1.807) is 42.0 Å². The molecule has 8 rings (SSSR count). The third-order valence-corrected chi connectivity index (χ3v) is 13.4. The molecule has 298 valence electrons. The van der Waals surface area contributed by atoms with Gasteiger partial charge in [-0.1, -0.05) is 12.1 Å². The zero-order valence-corrected chi connectivity index (χ0v) is 33.7. The van der Waals surface area contributed by atoms with Crippen LogP contribution in [0, 0.1) is 19.3 Å². The van der Waals surface area contributed by atoms with E-state index in [1.807, 2.05) is 32.2 Å². The molecule has 4 aliphatic rings. The topological polar surface area (TPSA) is 123 Å². The Morgan fingerprint density at radius 2 is 1.52 bits per heavy atom. The van der Waals surface area contributed by atoms with E-state index in [1.165, 1.54) is 12.8 Å². The Morgan fingerprint density at radius 1 is 0.839 bits per heavy atom. The van der Waals surface area contributed by atoms with Crippen molar-refractivity contribution in [1.82, 2.24) is 33.7 Å². The zero-order chi connectivity index (χ0) is 39.5. The van der Waals surface area contributed by atoms with Crippen LogP contribution in [0.15, 0.2) is 46.1 Å². The minimum atomic E-state index is -0.678. The molecule has 13 nitrogen and oxygen atoms in total. The van der Waals surface area contributed by atoms with E-state index in [4.69, 9.17) is 9.47 Å². The van der Waals surface area contributed by atoms with Gasteiger partial charge in [-0.3, -0.25) is 38.6 Å². The number of para-hydroxylation sites is 1. The van der Waals surface area contributed by atoms with Crippen molar-refractivity contribution in [3.8, 4) is 22.6 Å². The van der Waals surface area contributed by atoms with E-state index in [-0.39, 0.29) is 23.6 Å². The summed E-state index contributed by atoms with van der Waals surface area (Å²) in [6.45, 7) is 11.8. The second-order valence-corrected chi connectivity index (χ2v) is 16.7. The molecule has 4 aliphatic heterocycles. The van der Waals surface area contributed by atoms with Crippen LogP contribution >= 0.6 is 0 Å². The van der Waals surface area contributed by atoms with E-state index in [2.05, 4.69) is 38.2 Å². The second-order valence-electron chi connectivity index (χ2n) is 16.7. The summed E-state index contributed by atoms with van der Waals surface area (Å²) < 4.78 is 16.8. The van der Waals surface area contributed by atoms with E-state index in [0.717, 1.165) is 121 Å². The van der Waals surface area contributed by atoms with Crippen molar-refractivity contribution in [2.75, 3.05) is 53.5 Å². The molecule has 0 bridgehead atoms. The van der Waals surface area contributed by atoms with Crippen LogP contribution in [0.1, 0.15) is 66.8 Å². The summed E-state index contributed by atoms with van der Waals surface area (Å²) in [5.41, 5.74) is 7.58. The monoisotopic (exact) mass is 765 g/mol. The fourth-order valence-electron chi connectivity index (χ4n) is 10.0. The number of carbonyl (C=O) groups is 2. The number of carbonyl (C=O) groups excluding carboxylic acids is 2. The fourth-order valence-corrected chi connectivity index (χ4v) is 10.0. The summed E-state index contributed by atoms with van der Waals surface area (Å²) in [6.07, 6.45) is 7.14. The first-order chi connectivity index (χ1) is 26.9. The minimum Gasteiger partial charge on any atom is -0.496 e. The maximum absolute atomic E-state index is 13.4. The van der Waals surface area contributed by atoms with Gasteiger partial charge in [-0.05, 0) is 112 Å². The van der Waals surface area contributed by atoms with Crippen LogP contribution in [-0.2, 0) is 36.8 Å². The minimum absolute atomic E-state index is 0.0168. The Kier molecular flexibility index (Phi) is 10.2. The van der Waals surface area contributed by atoms with Crippen molar-refractivity contribution >= 4 is 22.8 Å². The molecular weight excluding hydrogens is 711 g/mol. The SMILES string of the molecule is COc1cc(-c2cn(C)c(=O)c(C)c2C)cc(OC)c1CN1CCC(N2CCC3(CC2)CN(Cc2cccc4c2n(C)c(=O)n4C2CCC(=O)NC2=O)C3)CC1. The predicted molar refractivity (Wildman–Crippen MR) is 215 cm³/mol. The number of aromatic nitrogens is 3. The maximum atomic E-state index is 13.4. The number of piperidine rings is 3. The number of fused-ring (bicyclic) bond motifs is 1. The molecule has 1 unspecified atom stereocenters. The average Bonchev–Trinajstić information content (AvgIpc) is 3.44. The van der Waals surface area contributed by atoms with E-state index in [9.17, 15) is 19.2 Å². The van der Waals surface area contributed by atoms with Gasteiger partial charge in [0, 0.05) is 70.1 Å². The largest absolute Gasteiger partial charge is 0.496 e. The molecule has 2 amide bonds. The average molecular weight is 766 g/mol. The number of imide groups is 1. The number of hydrogen-bond donors (Lipinski definition) is 1. The Balaban J connectivity index is 0.858. The predicted octanol–water partition coefficient (Wildman–Crippen LogP) is 3.88. The zero-order valence-electron chi connectivity index (χ0n) is 33.7. The maximum Gasteiger partial charge on any atom is 0.329 e. The second kappa shape index (κ2) is 15.0. The first kappa shape index (κ1) is 38.2. The van der Waals surface area contributed by atoms with Gasteiger partial charge in [-0.2, -0.15) is 0 Å². The molecular formula is C43H55N7O6. The van der Waals surface area contributed by atoms with Gasteiger partial charge in [0.05, 0.1) is 30.8 Å². The first-order valence-electron chi connectivity index (χ1n) is 20.0. The molecule has 56 heavy (non-hydrogen) atoms. The number of pyridine rings is 1. The van der Waals surface area contributed by atoms with Crippen molar-refractivity contribution in [2.24, 2.45) is 19.5 Å². The van der Waals surface area contributed by atoms with Crippen LogP contribution < -0.4 is 26.0 Å². The molecule has 4 saturated heterocycles. The third-order valence-electron chi connectivity index (χ3n) is 13.4. The Hall–Kier alpha value is -4.72. The summed E-state index contributed by atoms with van der Waals surface area (Å²) >= 11 is 0. The smallest absolute Gasteiger partial charge is 0.329 e. The fraction of sp³-hybridized carbons (Fsp3) is 0.535. The van der Waals surface area contributed by atoms with Crippen molar-refractivity contribution < 1.29 is 19.1 Å². The van der Waals surface area contributed by atoms with Crippen LogP contribution in [0.2, 0.25) is 0 Å². The normalized spacial score (nSPS) is 21.1. The number of ether oxygens (including phenoxy) is 2. The van der Waals surface area contributed by atoms with Gasteiger partial charge in [-0.25, -0.2) is 4.79 Å². The van der Waals surface area contributed by atoms with Crippen molar-refractivity contribution in [3.63, 3.8) is 0 Å². The van der Waals surface area contributed by atoms with Gasteiger partial charge in [-0.15, -0.1) is 0 Å². The molecule has 1 spiro atoms. The number of nitrogens with zero attached hydrogens (tertiary/aromatic N) is 6. The third kappa shape index (κ3) is 6.77. The number of nitrogens with one attached hydrogen (secondary N) is 1. The first-order valence-corrected chi connectivity index (χ1v) is 20.0. The number of benzene rings is 2. The van der Waals surface area contributed by atoms with Crippen molar-refractivity contribution in [1.29, 1.82) is 0 Å². The van der Waals surface area contributed by atoms with Crippen LogP contribution in [0.3, 0.4) is 0 Å². The van der Waals surface area contributed by atoms with Crippen molar-refractivity contribution in [2.45, 2.75) is 77.5 Å². The lowest BCUT2D eigenvalue weighted by molar-refractivity contribution is -0.135. The number of methoxy groups -OCH3 is 2. The molecule has 2 aromatic heterocycles. The molecule has 2 aromatic carbocycles.